The number of hydrogen-bond donors (Lipinski definition) is 1. The summed E-state index contributed by atoms with van der Waals surface area (Å²) in [7, 11) is 0. The molecule has 1 aliphatic heterocycles. The molecule has 2 nitrogen and oxygen atoms in total. The van der Waals surface area contributed by atoms with Gasteiger partial charge in [-0.2, -0.15) is 0 Å². The summed E-state index contributed by atoms with van der Waals surface area (Å²) >= 11 is 0. The summed E-state index contributed by atoms with van der Waals surface area (Å²) in [5.74, 6) is 1.21. The number of ether oxygens (including phenoxy) is 1. The van der Waals surface area contributed by atoms with Crippen LogP contribution in [0.25, 0.3) is 0 Å². The normalized spacial score (nSPS) is 14.1. The molecular weight excluding hydrogens is 152 g/mol. The van der Waals surface area contributed by atoms with Crippen LogP contribution in [0.2, 0.25) is 0 Å². The summed E-state index contributed by atoms with van der Waals surface area (Å²) in [5.41, 5.74) is 2.24. The second-order valence-corrected chi connectivity index (χ2v) is 3.04. The van der Waals surface area contributed by atoms with Gasteiger partial charge in [0.15, 0.2) is 0 Å². The van der Waals surface area contributed by atoms with Gasteiger partial charge in [0.05, 0.1) is 6.61 Å². The largest absolute Gasteiger partial charge is 0.508 e. The minimum Gasteiger partial charge on any atom is -0.508 e. The Hall–Kier alpha value is -1.18. The Labute approximate surface area is 71.8 Å². The smallest absolute Gasteiger partial charge is 0.126 e. The van der Waals surface area contributed by atoms with Gasteiger partial charge in [-0.15, -0.1) is 0 Å². The van der Waals surface area contributed by atoms with E-state index in [0.29, 0.717) is 5.75 Å². The average Bonchev–Trinajstić information content (AvgIpc) is 2.49. The molecular formula is C10H12O2. The van der Waals surface area contributed by atoms with Gasteiger partial charge >= 0.3 is 0 Å². The van der Waals surface area contributed by atoms with Crippen molar-refractivity contribution in [1.29, 1.82) is 0 Å². The first kappa shape index (κ1) is 7.47. The molecule has 1 aromatic carbocycles. The van der Waals surface area contributed by atoms with Crippen molar-refractivity contribution in [3.05, 3.63) is 23.3 Å². The quantitative estimate of drug-likeness (QED) is 0.686. The predicted octanol–water partition coefficient (Wildman–Crippen LogP) is 1.89. The number of rotatable bonds is 1. The van der Waals surface area contributed by atoms with Crippen molar-refractivity contribution < 1.29 is 9.84 Å². The number of phenols is 1. The molecule has 0 amide bonds. The summed E-state index contributed by atoms with van der Waals surface area (Å²) < 4.78 is 5.32. The lowest BCUT2D eigenvalue weighted by Gasteiger charge is -2.04. The molecule has 0 aromatic heterocycles. The molecule has 0 bridgehead atoms. The van der Waals surface area contributed by atoms with Crippen molar-refractivity contribution >= 4 is 0 Å². The van der Waals surface area contributed by atoms with E-state index >= 15 is 0 Å². The van der Waals surface area contributed by atoms with Crippen molar-refractivity contribution in [3.8, 4) is 11.5 Å². The highest BCUT2D eigenvalue weighted by Crippen LogP contribution is 2.32. The lowest BCUT2D eigenvalue weighted by atomic mass is 10.1. The third kappa shape index (κ3) is 1.04. The van der Waals surface area contributed by atoms with Crippen molar-refractivity contribution in [2.75, 3.05) is 6.61 Å². The Morgan fingerprint density at radius 3 is 3.08 bits per heavy atom. The first-order chi connectivity index (χ1) is 5.81. The van der Waals surface area contributed by atoms with E-state index in [1.807, 2.05) is 13.0 Å². The zero-order valence-electron chi connectivity index (χ0n) is 7.13. The van der Waals surface area contributed by atoms with E-state index in [9.17, 15) is 5.11 Å². The number of fused-ring (bicyclic) bond motifs is 1. The van der Waals surface area contributed by atoms with E-state index in [0.717, 1.165) is 30.8 Å². The molecule has 64 valence electrons. The minimum atomic E-state index is 0.359. The van der Waals surface area contributed by atoms with Crippen LogP contribution in [0.1, 0.15) is 18.1 Å². The zero-order chi connectivity index (χ0) is 8.55. The Balaban J connectivity index is 2.49. The van der Waals surface area contributed by atoms with Gasteiger partial charge in [-0.1, -0.05) is 6.92 Å². The molecule has 1 heterocycles. The minimum absolute atomic E-state index is 0.359. The second-order valence-electron chi connectivity index (χ2n) is 3.04. The van der Waals surface area contributed by atoms with Gasteiger partial charge in [-0.05, 0) is 23.6 Å². The lowest BCUT2D eigenvalue weighted by Crippen LogP contribution is -1.85. The Morgan fingerprint density at radius 2 is 2.33 bits per heavy atom. The molecule has 2 heteroatoms. The molecule has 0 saturated heterocycles. The van der Waals surface area contributed by atoms with Crippen LogP contribution in [0.15, 0.2) is 12.1 Å². The monoisotopic (exact) mass is 164 g/mol. The van der Waals surface area contributed by atoms with Crippen molar-refractivity contribution in [3.63, 3.8) is 0 Å². The highest BCUT2D eigenvalue weighted by Gasteiger charge is 2.14. The Bertz CT molecular complexity index is 304. The summed E-state index contributed by atoms with van der Waals surface area (Å²) in [6.07, 6.45) is 1.85. The molecule has 0 atom stereocenters. The van der Waals surface area contributed by atoms with Gasteiger partial charge in [0.25, 0.3) is 0 Å². The van der Waals surface area contributed by atoms with Crippen LogP contribution < -0.4 is 4.74 Å². The lowest BCUT2D eigenvalue weighted by molar-refractivity contribution is 0.354. The SMILES string of the molecule is CCc1cc2c(cc1O)OCC2. The summed E-state index contributed by atoms with van der Waals surface area (Å²) in [5, 5.41) is 9.49. The molecule has 1 aliphatic rings. The topological polar surface area (TPSA) is 29.5 Å². The van der Waals surface area contributed by atoms with Crippen LogP contribution in [-0.2, 0) is 12.8 Å². The van der Waals surface area contributed by atoms with E-state index in [4.69, 9.17) is 4.74 Å². The number of hydrogen-bond acceptors (Lipinski definition) is 2. The van der Waals surface area contributed by atoms with E-state index in [2.05, 4.69) is 0 Å². The van der Waals surface area contributed by atoms with Crippen molar-refractivity contribution in [1.82, 2.24) is 0 Å². The molecule has 12 heavy (non-hydrogen) atoms. The van der Waals surface area contributed by atoms with Gasteiger partial charge < -0.3 is 9.84 Å². The van der Waals surface area contributed by atoms with Crippen LogP contribution in [0, 0.1) is 0 Å². The van der Waals surface area contributed by atoms with Gasteiger partial charge in [0.1, 0.15) is 11.5 Å². The molecule has 0 unspecified atom stereocenters. The van der Waals surface area contributed by atoms with Crippen molar-refractivity contribution in [2.24, 2.45) is 0 Å². The number of aromatic hydroxyl groups is 1. The summed E-state index contributed by atoms with van der Waals surface area (Å²) in [6.45, 7) is 2.79. The standard InChI is InChI=1S/C10H12O2/c1-2-7-5-8-3-4-12-10(8)6-9(7)11/h5-6,11H,2-4H2,1H3. The molecule has 1 N–H and O–H groups in total. The van der Waals surface area contributed by atoms with Crippen LogP contribution in [-0.4, -0.2) is 11.7 Å². The van der Waals surface area contributed by atoms with E-state index in [1.54, 1.807) is 6.07 Å². The van der Waals surface area contributed by atoms with E-state index in [-0.39, 0.29) is 0 Å². The molecule has 2 rings (SSSR count). The first-order valence-corrected chi connectivity index (χ1v) is 4.29. The van der Waals surface area contributed by atoms with E-state index < -0.39 is 0 Å². The second kappa shape index (κ2) is 2.70. The molecule has 0 radical (unpaired) electrons. The third-order valence-corrected chi connectivity index (χ3v) is 2.27. The van der Waals surface area contributed by atoms with E-state index in [1.165, 1.54) is 5.56 Å². The van der Waals surface area contributed by atoms with Crippen LogP contribution in [0.3, 0.4) is 0 Å². The molecule has 0 saturated carbocycles. The maximum absolute atomic E-state index is 9.49. The zero-order valence-corrected chi connectivity index (χ0v) is 7.13. The fourth-order valence-corrected chi connectivity index (χ4v) is 1.55. The average molecular weight is 164 g/mol. The highest BCUT2D eigenvalue weighted by molar-refractivity contribution is 5.47. The highest BCUT2D eigenvalue weighted by atomic mass is 16.5. The summed E-state index contributed by atoms with van der Waals surface area (Å²) in [6, 6.07) is 3.76. The number of aryl methyl sites for hydroxylation is 1. The third-order valence-electron chi connectivity index (χ3n) is 2.27. The van der Waals surface area contributed by atoms with Gasteiger partial charge in [-0.3, -0.25) is 0 Å². The van der Waals surface area contributed by atoms with Crippen LogP contribution in [0.5, 0.6) is 11.5 Å². The van der Waals surface area contributed by atoms with Crippen LogP contribution >= 0.6 is 0 Å². The Kier molecular flexibility index (Phi) is 1.68. The molecule has 0 fully saturated rings. The summed E-state index contributed by atoms with van der Waals surface area (Å²) in [4.78, 5) is 0. The molecule has 0 aliphatic carbocycles. The predicted molar refractivity (Wildman–Crippen MR) is 46.7 cm³/mol. The van der Waals surface area contributed by atoms with Gasteiger partial charge in [-0.25, -0.2) is 0 Å². The fourth-order valence-electron chi connectivity index (χ4n) is 1.55. The van der Waals surface area contributed by atoms with Gasteiger partial charge in [0.2, 0.25) is 0 Å². The van der Waals surface area contributed by atoms with Gasteiger partial charge in [0, 0.05) is 12.5 Å². The van der Waals surface area contributed by atoms with Crippen LogP contribution in [0.4, 0.5) is 0 Å². The number of benzene rings is 1. The molecule has 1 aromatic rings. The molecule has 0 spiro atoms. The number of phenolic OH excluding ortho intramolecular Hbond substituents is 1. The Morgan fingerprint density at radius 1 is 1.50 bits per heavy atom. The maximum Gasteiger partial charge on any atom is 0.126 e. The van der Waals surface area contributed by atoms with Crippen molar-refractivity contribution in [2.45, 2.75) is 19.8 Å². The first-order valence-electron chi connectivity index (χ1n) is 4.29. The maximum atomic E-state index is 9.49. The fraction of sp³-hybridized carbons (Fsp3) is 0.400.